The van der Waals surface area contributed by atoms with Gasteiger partial charge in [-0.15, -0.1) is 6.58 Å². The summed E-state index contributed by atoms with van der Waals surface area (Å²) in [4.78, 5) is 18.8. The van der Waals surface area contributed by atoms with Gasteiger partial charge in [0.2, 0.25) is 0 Å². The van der Waals surface area contributed by atoms with Crippen molar-refractivity contribution >= 4 is 17.7 Å². The van der Waals surface area contributed by atoms with Crippen molar-refractivity contribution in [3.63, 3.8) is 0 Å². The van der Waals surface area contributed by atoms with Gasteiger partial charge in [0.25, 0.3) is 0 Å². The predicted octanol–water partition coefficient (Wildman–Crippen LogP) is 2.41. The number of carboxylic acids is 2. The van der Waals surface area contributed by atoms with Crippen LogP contribution in [0.25, 0.3) is 0 Å². The first-order valence-corrected chi connectivity index (χ1v) is 8.44. The average Bonchev–Trinajstić information content (AvgIpc) is 2.51. The molecule has 0 aromatic rings. The van der Waals surface area contributed by atoms with E-state index >= 15 is 0 Å². The monoisotopic (exact) mass is 353 g/mol. The van der Waals surface area contributed by atoms with Crippen LogP contribution in [0.2, 0.25) is 0 Å². The minimum atomic E-state index is -1.16. The molecule has 0 aliphatic rings. The molecule has 0 atom stereocenters. The zero-order valence-corrected chi connectivity index (χ0v) is 18.1. The molecular formula is C18H36NNaO4. The molecule has 3 N–H and O–H groups in total. The maximum atomic E-state index is 9.47. The van der Waals surface area contributed by atoms with Gasteiger partial charge in [-0.3, -0.25) is 10.2 Å². The molecule has 0 aromatic heterocycles. The molecule has 138 valence electrons. The number of allylic oxidation sites excluding steroid dienone is 1. The van der Waals surface area contributed by atoms with Crippen molar-refractivity contribution in [2.45, 2.75) is 85.0 Å². The second-order valence-corrected chi connectivity index (χ2v) is 5.23. The van der Waals surface area contributed by atoms with E-state index in [-0.39, 0.29) is 43.1 Å². The van der Waals surface area contributed by atoms with Gasteiger partial charge in [0.15, 0.2) is 0 Å². The Morgan fingerprint density at radius 3 is 1.58 bits per heavy atom. The van der Waals surface area contributed by atoms with E-state index in [1.807, 2.05) is 6.08 Å². The van der Waals surface area contributed by atoms with Crippen LogP contribution in [-0.2, 0) is 9.59 Å². The molecule has 0 saturated carbocycles. The third-order valence-electron chi connectivity index (χ3n) is 2.89. The molecule has 0 fully saturated rings. The fourth-order valence-electron chi connectivity index (χ4n) is 1.42. The number of rotatable bonds is 11. The molecule has 0 spiro atoms. The second-order valence-electron chi connectivity index (χ2n) is 5.23. The number of hydrogen-bond acceptors (Lipinski definition) is 3. The second kappa shape index (κ2) is 27.2. The topological polar surface area (TPSA) is 98.5 Å². The van der Waals surface area contributed by atoms with Crippen LogP contribution in [0.4, 0.5) is 0 Å². The van der Waals surface area contributed by atoms with Crippen LogP contribution in [0.3, 0.4) is 0 Å². The minimum absolute atomic E-state index is 0. The van der Waals surface area contributed by atoms with Crippen LogP contribution in [0, 0.1) is 5.41 Å². The first-order valence-electron chi connectivity index (χ1n) is 8.44. The molecule has 0 amide bonds. The number of nitrogens with one attached hydrogen (secondary N) is 1. The summed E-state index contributed by atoms with van der Waals surface area (Å²) in [6.07, 6.45) is 14.7. The van der Waals surface area contributed by atoms with Crippen molar-refractivity contribution in [2.75, 3.05) is 0 Å². The Kier molecular flexibility index (Phi) is 35.3. The third-order valence-corrected chi connectivity index (χ3v) is 2.89. The van der Waals surface area contributed by atoms with E-state index in [1.54, 1.807) is 6.92 Å². The molecule has 6 heteroatoms. The maximum Gasteiger partial charge on any atom is 1.00 e. The summed E-state index contributed by atoms with van der Waals surface area (Å²) in [5.41, 5.74) is -0.324. The van der Waals surface area contributed by atoms with Gasteiger partial charge in [-0.1, -0.05) is 64.9 Å². The first kappa shape index (κ1) is 31.2. The normalized spacial score (nSPS) is 8.46. The average molecular weight is 353 g/mol. The van der Waals surface area contributed by atoms with Crippen LogP contribution in [0.1, 0.15) is 86.4 Å². The quantitative estimate of drug-likeness (QED) is 0.230. The number of unbranched alkanes of at least 4 members (excludes halogenated alkanes) is 8. The van der Waals surface area contributed by atoms with Crippen LogP contribution >= 0.6 is 0 Å². The molecule has 0 unspecified atom stereocenters. The molecule has 0 rings (SSSR count). The Morgan fingerprint density at radius 2 is 1.33 bits per heavy atom. The van der Waals surface area contributed by atoms with Gasteiger partial charge < -0.3 is 11.6 Å². The molecule has 0 radical (unpaired) electrons. The van der Waals surface area contributed by atoms with Gasteiger partial charge in [-0.25, -0.2) is 4.79 Å². The summed E-state index contributed by atoms with van der Waals surface area (Å²) in [6, 6.07) is 0. The number of aliphatic carboxylic acids is 2. The number of carboxylic acid groups (broad SMARTS) is 2. The van der Waals surface area contributed by atoms with Gasteiger partial charge in [0, 0.05) is 6.42 Å². The molecule has 0 bridgehead atoms. The molecule has 5 nitrogen and oxygen atoms in total. The van der Waals surface area contributed by atoms with Gasteiger partial charge in [0.1, 0.15) is 5.71 Å². The zero-order valence-electron chi connectivity index (χ0n) is 17.1. The van der Waals surface area contributed by atoms with Crippen LogP contribution in [-0.4, -0.2) is 27.9 Å². The van der Waals surface area contributed by atoms with Gasteiger partial charge in [-0.2, -0.15) is 0 Å². The Morgan fingerprint density at radius 1 is 1.00 bits per heavy atom. The summed E-state index contributed by atoms with van der Waals surface area (Å²) in [5, 5.41) is 21.8. The number of hydrogen-bond donors (Lipinski definition) is 3. The summed E-state index contributed by atoms with van der Waals surface area (Å²) >= 11 is 0. The van der Waals surface area contributed by atoms with Crippen molar-refractivity contribution < 1.29 is 50.8 Å². The smallest absolute Gasteiger partial charge is 1.00 e. The fourth-order valence-corrected chi connectivity index (χ4v) is 1.42. The van der Waals surface area contributed by atoms with E-state index in [2.05, 4.69) is 13.5 Å². The van der Waals surface area contributed by atoms with Crippen LogP contribution in [0.5, 0.6) is 0 Å². The number of carbonyl (C=O) groups is 2. The van der Waals surface area contributed by atoms with E-state index in [9.17, 15) is 9.59 Å². The Labute approximate surface area is 171 Å². The molecule has 0 aliphatic carbocycles. The molecule has 0 aliphatic heterocycles. The van der Waals surface area contributed by atoms with E-state index < -0.39 is 11.9 Å². The standard InChI is InChI=1S/C12H24.C3H5NO2.C3H6O2.Na.H/c1-3-5-7-9-11-12-10-8-6-4-2;1-2(4)3(5)6;1-2-3(4)5;;/h3H,1,4-12H2,2H3;4H,1H3,(H,5,6);2H2,1H3,(H,4,5);;/q;;;+1;-1. The minimum Gasteiger partial charge on any atom is -1.00 e. The van der Waals surface area contributed by atoms with Gasteiger partial charge in [-0.05, 0) is 19.8 Å². The molecule has 0 aromatic carbocycles. The fraction of sp³-hybridized carbons (Fsp3) is 0.722. The first-order chi connectivity index (χ1) is 10.8. The van der Waals surface area contributed by atoms with Crippen LogP contribution < -0.4 is 29.6 Å². The molecule has 0 saturated heterocycles. The largest absolute Gasteiger partial charge is 1.00 e. The Bertz CT molecular complexity index is 314. The zero-order chi connectivity index (χ0) is 18.5. The van der Waals surface area contributed by atoms with Gasteiger partial charge >= 0.3 is 41.5 Å². The van der Waals surface area contributed by atoms with E-state index in [0.29, 0.717) is 0 Å². The summed E-state index contributed by atoms with van der Waals surface area (Å²) in [7, 11) is 0. The Balaban J connectivity index is -0.0000000873. The Hall–Kier alpha value is -0.650. The summed E-state index contributed by atoms with van der Waals surface area (Å²) < 4.78 is 0. The van der Waals surface area contributed by atoms with Crippen molar-refractivity contribution in [1.82, 2.24) is 0 Å². The summed E-state index contributed by atoms with van der Waals surface area (Å²) in [5.74, 6) is -1.90. The van der Waals surface area contributed by atoms with E-state index in [1.165, 1.54) is 64.7 Å². The van der Waals surface area contributed by atoms with E-state index in [0.717, 1.165) is 0 Å². The van der Waals surface area contributed by atoms with E-state index in [4.69, 9.17) is 15.6 Å². The maximum absolute atomic E-state index is 9.47. The van der Waals surface area contributed by atoms with Crippen molar-refractivity contribution in [2.24, 2.45) is 0 Å². The SMILES string of the molecule is C=CCCCCCCCCCC.CC(=N)C(=O)O.CCC(=O)O.[H-].[Na+]. The van der Waals surface area contributed by atoms with Crippen LogP contribution in [0.15, 0.2) is 12.7 Å². The van der Waals surface area contributed by atoms with Crippen molar-refractivity contribution in [3.8, 4) is 0 Å². The molecule has 24 heavy (non-hydrogen) atoms. The summed E-state index contributed by atoms with van der Waals surface area (Å²) in [6.45, 7) is 8.81. The van der Waals surface area contributed by atoms with Gasteiger partial charge in [0.05, 0.1) is 0 Å². The van der Waals surface area contributed by atoms with Crippen molar-refractivity contribution in [3.05, 3.63) is 12.7 Å². The third kappa shape index (κ3) is 42.9. The molecule has 0 heterocycles. The predicted molar refractivity (Wildman–Crippen MR) is 97.5 cm³/mol. The van der Waals surface area contributed by atoms with Crippen molar-refractivity contribution in [1.29, 1.82) is 5.41 Å². The molecular weight excluding hydrogens is 317 g/mol.